The number of aryl methyl sites for hydroxylation is 5. The molecule has 3 aromatic carbocycles. The van der Waals surface area contributed by atoms with Gasteiger partial charge in [-0.1, -0.05) is 109 Å². The van der Waals surface area contributed by atoms with E-state index in [1.165, 1.54) is 61.9 Å². The van der Waals surface area contributed by atoms with Gasteiger partial charge < -0.3 is 0 Å². The normalized spacial score (nSPS) is 15.2. The van der Waals surface area contributed by atoms with E-state index in [2.05, 4.69) is 52.0 Å². The fourth-order valence-electron chi connectivity index (χ4n) is 3.53. The van der Waals surface area contributed by atoms with E-state index in [0.29, 0.717) is 11.1 Å². The Kier molecular flexibility index (Phi) is 21.5. The van der Waals surface area contributed by atoms with Crippen LogP contribution < -0.4 is 0 Å². The van der Waals surface area contributed by atoms with Gasteiger partial charge >= 0.3 is 0 Å². The van der Waals surface area contributed by atoms with Crippen LogP contribution in [0, 0.1) is 70.8 Å². The summed E-state index contributed by atoms with van der Waals surface area (Å²) in [6.07, 6.45) is 5.89. The third-order valence-electron chi connectivity index (χ3n) is 6.28. The van der Waals surface area contributed by atoms with E-state index in [1.54, 1.807) is 19.9 Å². The predicted molar refractivity (Wildman–Crippen MR) is 165 cm³/mol. The lowest BCUT2D eigenvalue weighted by atomic mass is 9.84. The molecule has 0 N–H and O–H groups in total. The molecule has 0 heterocycles. The Labute approximate surface area is 233 Å². The summed E-state index contributed by atoms with van der Waals surface area (Å²) in [5.41, 5.74) is 5.04. The van der Waals surface area contributed by atoms with E-state index >= 15 is 0 Å². The van der Waals surface area contributed by atoms with E-state index in [9.17, 15) is 13.2 Å². The summed E-state index contributed by atoms with van der Waals surface area (Å²) in [4.78, 5) is 0. The highest BCUT2D eigenvalue weighted by atomic mass is 19.1. The quantitative estimate of drug-likeness (QED) is 0.270. The van der Waals surface area contributed by atoms with E-state index in [0.717, 1.165) is 17.4 Å². The Balaban J connectivity index is -0.000000420. The molecular formula is C35H55F3. The minimum Gasteiger partial charge on any atom is -0.207 e. The van der Waals surface area contributed by atoms with Crippen molar-refractivity contribution >= 4 is 0 Å². The lowest BCUT2D eigenvalue weighted by Gasteiger charge is -2.22. The first-order chi connectivity index (χ1) is 16.4. The molecular weight excluding hydrogens is 477 g/mol. The molecule has 1 aliphatic rings. The summed E-state index contributed by atoms with van der Waals surface area (Å²) in [7, 11) is 0. The molecule has 0 amide bonds. The lowest BCUT2D eigenvalue weighted by Crippen LogP contribution is -2.08. The van der Waals surface area contributed by atoms with Gasteiger partial charge in [0.2, 0.25) is 0 Å². The molecule has 0 saturated heterocycles. The van der Waals surface area contributed by atoms with E-state index in [4.69, 9.17) is 0 Å². The Morgan fingerprint density at radius 2 is 0.789 bits per heavy atom. The maximum Gasteiger partial charge on any atom is 0.129 e. The number of hydrogen-bond donors (Lipinski definition) is 0. The topological polar surface area (TPSA) is 0 Å². The highest BCUT2D eigenvalue weighted by Crippen LogP contribution is 2.27. The fraction of sp³-hybridized carbons (Fsp3) is 0.486. The molecule has 1 fully saturated rings. The second-order valence-electron chi connectivity index (χ2n) is 10.1. The maximum atomic E-state index is 12.6. The van der Waals surface area contributed by atoms with Crippen molar-refractivity contribution in [2.75, 3.05) is 0 Å². The van der Waals surface area contributed by atoms with Crippen molar-refractivity contribution in [1.82, 2.24) is 0 Å². The van der Waals surface area contributed by atoms with E-state index in [1.807, 2.05) is 13.0 Å². The Hall–Kier alpha value is -2.55. The van der Waals surface area contributed by atoms with Crippen molar-refractivity contribution in [3.05, 3.63) is 105 Å². The van der Waals surface area contributed by atoms with Gasteiger partial charge in [0, 0.05) is 5.56 Å². The van der Waals surface area contributed by atoms with Crippen LogP contribution in [0.1, 0.15) is 95.2 Å². The zero-order valence-electron chi connectivity index (χ0n) is 22.8. The zero-order valence-corrected chi connectivity index (χ0v) is 22.8. The van der Waals surface area contributed by atoms with Gasteiger partial charge in [-0.05, 0) is 88.3 Å². The Morgan fingerprint density at radius 1 is 0.474 bits per heavy atom. The monoisotopic (exact) mass is 532 g/mol. The first kappa shape index (κ1) is 40.0. The molecule has 0 aromatic heterocycles. The van der Waals surface area contributed by atoms with Crippen LogP contribution >= 0.6 is 0 Å². The highest BCUT2D eigenvalue weighted by Gasteiger charge is 2.13. The van der Waals surface area contributed by atoms with Crippen LogP contribution in [0.2, 0.25) is 0 Å². The smallest absolute Gasteiger partial charge is 0.129 e. The van der Waals surface area contributed by atoms with E-state index < -0.39 is 11.6 Å². The fourth-order valence-corrected chi connectivity index (χ4v) is 3.53. The molecule has 0 aliphatic heterocycles. The lowest BCUT2D eigenvalue weighted by molar-refractivity contribution is 0.308. The van der Waals surface area contributed by atoms with Gasteiger partial charge in [0.1, 0.15) is 17.5 Å². The van der Waals surface area contributed by atoms with Crippen molar-refractivity contribution in [2.45, 2.75) is 103 Å². The van der Waals surface area contributed by atoms with Gasteiger partial charge in [-0.25, -0.2) is 13.2 Å². The molecule has 38 heavy (non-hydrogen) atoms. The summed E-state index contributed by atoms with van der Waals surface area (Å²) in [6, 6.07) is 16.3. The molecule has 4 rings (SSSR count). The van der Waals surface area contributed by atoms with Gasteiger partial charge in [0.15, 0.2) is 0 Å². The van der Waals surface area contributed by atoms with Crippen LogP contribution in [0.25, 0.3) is 0 Å². The predicted octanol–water partition coefficient (Wildman–Crippen LogP) is 12.1. The highest BCUT2D eigenvalue weighted by molar-refractivity contribution is 5.24. The molecule has 0 spiro atoms. The van der Waals surface area contributed by atoms with Crippen LogP contribution in [0.4, 0.5) is 13.2 Å². The molecule has 0 radical (unpaired) electrons. The van der Waals surface area contributed by atoms with Crippen molar-refractivity contribution in [2.24, 2.45) is 11.8 Å². The van der Waals surface area contributed by atoms with Gasteiger partial charge in [-0.3, -0.25) is 0 Å². The van der Waals surface area contributed by atoms with Crippen LogP contribution in [0.5, 0.6) is 0 Å². The molecule has 0 unspecified atom stereocenters. The van der Waals surface area contributed by atoms with Crippen LogP contribution in [-0.2, 0) is 0 Å². The molecule has 216 valence electrons. The average molecular weight is 533 g/mol. The third kappa shape index (κ3) is 16.3. The second kappa shape index (κ2) is 20.4. The number of rotatable bonds is 0. The van der Waals surface area contributed by atoms with Crippen LogP contribution in [0.15, 0.2) is 54.6 Å². The minimum absolute atomic E-state index is 0. The van der Waals surface area contributed by atoms with Crippen molar-refractivity contribution < 1.29 is 13.2 Å². The Morgan fingerprint density at radius 3 is 1.11 bits per heavy atom. The third-order valence-corrected chi connectivity index (χ3v) is 6.28. The molecule has 0 bridgehead atoms. The summed E-state index contributed by atoms with van der Waals surface area (Å²) < 4.78 is 37.8. The summed E-state index contributed by atoms with van der Waals surface area (Å²) in [5.74, 6) is 0.974. The molecule has 0 atom stereocenters. The second-order valence-corrected chi connectivity index (χ2v) is 10.1. The first-order valence-electron chi connectivity index (χ1n) is 12.6. The molecule has 3 heteroatoms. The SMILES string of the molecule is C.C.C.CC1CCC(C)CC1.Cc1cc(F)c(C)c(F)c1.Cc1ccc(C)c(F)c1.Cc1ccc(C)cc1. The molecule has 0 nitrogen and oxygen atoms in total. The van der Waals surface area contributed by atoms with Gasteiger partial charge in [0.05, 0.1) is 0 Å². The van der Waals surface area contributed by atoms with Gasteiger partial charge in [-0.15, -0.1) is 0 Å². The average Bonchev–Trinajstić information content (AvgIpc) is 2.80. The zero-order chi connectivity index (χ0) is 26.5. The number of benzene rings is 3. The molecule has 1 aliphatic carbocycles. The van der Waals surface area contributed by atoms with Crippen molar-refractivity contribution in [3.63, 3.8) is 0 Å². The van der Waals surface area contributed by atoms with Gasteiger partial charge in [-0.2, -0.15) is 0 Å². The number of hydrogen-bond acceptors (Lipinski definition) is 0. The summed E-state index contributed by atoms with van der Waals surface area (Å²) in [6.45, 7) is 15.6. The maximum absolute atomic E-state index is 12.6. The van der Waals surface area contributed by atoms with E-state index in [-0.39, 0.29) is 33.7 Å². The summed E-state index contributed by atoms with van der Waals surface area (Å²) >= 11 is 0. The molecule has 3 aromatic rings. The van der Waals surface area contributed by atoms with Crippen LogP contribution in [0.3, 0.4) is 0 Å². The first-order valence-corrected chi connectivity index (χ1v) is 12.6. The summed E-state index contributed by atoms with van der Waals surface area (Å²) in [5, 5.41) is 0. The van der Waals surface area contributed by atoms with Crippen molar-refractivity contribution in [1.29, 1.82) is 0 Å². The van der Waals surface area contributed by atoms with Crippen molar-refractivity contribution in [3.8, 4) is 0 Å². The largest absolute Gasteiger partial charge is 0.207 e. The standard InChI is InChI=1S/C8H8F2.C8H9F.C8H16.C8H10.3CH4/c1-5-3-7(9)6(2)8(10)4-5;1-6-3-4-7(2)8(9)5-6;2*1-7-3-5-8(2)6-4-7;;;/h3-4H,1-2H3;3-5H,1-2H3;7-8H,3-6H2,1-2H3;3-6H,1-2H3;3*1H4. The van der Waals surface area contributed by atoms with Gasteiger partial charge in [0.25, 0.3) is 0 Å². The van der Waals surface area contributed by atoms with Crippen LogP contribution in [-0.4, -0.2) is 0 Å². The minimum atomic E-state index is -0.475. The Bertz CT molecular complexity index is 960. The number of halogens is 3. The molecule has 1 saturated carbocycles.